The first-order valence-electron chi connectivity index (χ1n) is 8.68. The average molecular weight is 365 g/mol. The van der Waals surface area contributed by atoms with Crippen LogP contribution in [-0.2, 0) is 4.79 Å². The zero-order valence-electron chi connectivity index (χ0n) is 15.6. The molecule has 1 aliphatic heterocycles. The Hall–Kier alpha value is -3.28. The van der Waals surface area contributed by atoms with E-state index < -0.39 is 12.0 Å². The maximum Gasteiger partial charge on any atom is 0.319 e. The third-order valence-corrected chi connectivity index (χ3v) is 4.69. The molecule has 6 heteroatoms. The molecule has 0 spiro atoms. The molecule has 140 valence electrons. The van der Waals surface area contributed by atoms with Crippen LogP contribution in [0.3, 0.4) is 0 Å². The molecule has 2 aromatic rings. The Bertz CT molecular complexity index is 907. The van der Waals surface area contributed by atoms with Crippen LogP contribution in [0.4, 0.5) is 10.5 Å². The molecule has 1 aliphatic rings. The van der Waals surface area contributed by atoms with Gasteiger partial charge < -0.3 is 20.7 Å². The molecule has 1 saturated heterocycles. The number of amides is 3. The highest BCUT2D eigenvalue weighted by Crippen LogP contribution is 2.33. The second kappa shape index (κ2) is 7.53. The van der Waals surface area contributed by atoms with Crippen LogP contribution in [0.5, 0.6) is 5.75 Å². The van der Waals surface area contributed by atoms with Crippen molar-refractivity contribution >= 4 is 17.6 Å². The van der Waals surface area contributed by atoms with Gasteiger partial charge in [0.2, 0.25) is 5.91 Å². The fourth-order valence-electron chi connectivity index (χ4n) is 3.31. The third-order valence-electron chi connectivity index (χ3n) is 4.69. The summed E-state index contributed by atoms with van der Waals surface area (Å²) in [7, 11) is 1.55. The first kappa shape index (κ1) is 18.5. The molecule has 1 heterocycles. The fourth-order valence-corrected chi connectivity index (χ4v) is 3.31. The number of carbonyl (C=O) groups is 2. The van der Waals surface area contributed by atoms with Gasteiger partial charge in [-0.2, -0.15) is 0 Å². The lowest BCUT2D eigenvalue weighted by Gasteiger charge is -2.34. The number of aryl methyl sites for hydroxylation is 2. The Morgan fingerprint density at radius 3 is 2.67 bits per heavy atom. The zero-order chi connectivity index (χ0) is 19.6. The number of methoxy groups -OCH3 is 1. The van der Waals surface area contributed by atoms with E-state index in [0.717, 1.165) is 16.7 Å². The summed E-state index contributed by atoms with van der Waals surface area (Å²) in [4.78, 5) is 25.2. The first-order chi connectivity index (χ1) is 12.9. The van der Waals surface area contributed by atoms with E-state index in [4.69, 9.17) is 4.74 Å². The van der Waals surface area contributed by atoms with Crippen molar-refractivity contribution in [3.05, 3.63) is 71.4 Å². The molecule has 3 amide bonds. The number of carbonyl (C=O) groups excluding carboxylic acids is 2. The van der Waals surface area contributed by atoms with E-state index in [1.165, 1.54) is 0 Å². The van der Waals surface area contributed by atoms with Gasteiger partial charge >= 0.3 is 6.03 Å². The smallest absolute Gasteiger partial charge is 0.319 e. The van der Waals surface area contributed by atoms with Gasteiger partial charge in [0.15, 0.2) is 0 Å². The molecule has 3 N–H and O–H groups in total. The van der Waals surface area contributed by atoms with Gasteiger partial charge in [0.05, 0.1) is 18.8 Å². The van der Waals surface area contributed by atoms with E-state index in [2.05, 4.69) is 22.5 Å². The number of nitrogens with one attached hydrogen (secondary N) is 3. The average Bonchev–Trinajstić information content (AvgIpc) is 2.63. The highest BCUT2D eigenvalue weighted by atomic mass is 16.5. The second-order valence-corrected chi connectivity index (χ2v) is 6.63. The van der Waals surface area contributed by atoms with Crippen LogP contribution in [0.1, 0.15) is 22.7 Å². The van der Waals surface area contributed by atoms with Gasteiger partial charge in [-0.15, -0.1) is 0 Å². The molecular formula is C21H23N3O3. The standard InChI is InChI=1S/C21H23N3O3/c1-12-9-10-13(2)15(11-12)19-18(14(3)22-21(26)24-19)20(25)23-16-7-5-6-8-17(16)27-4/h5-11,18-19H,3H2,1-2,4H3,(H,23,25)(H2,22,24,26)/t18-,19+/m1/s1. The van der Waals surface area contributed by atoms with Crippen molar-refractivity contribution in [2.75, 3.05) is 12.4 Å². The van der Waals surface area contributed by atoms with E-state index in [1.54, 1.807) is 19.2 Å². The minimum Gasteiger partial charge on any atom is -0.495 e. The van der Waals surface area contributed by atoms with E-state index in [-0.39, 0.29) is 11.9 Å². The lowest BCUT2D eigenvalue weighted by Crippen LogP contribution is -2.52. The molecule has 2 atom stereocenters. The maximum atomic E-state index is 13.1. The largest absolute Gasteiger partial charge is 0.495 e. The summed E-state index contributed by atoms with van der Waals surface area (Å²) >= 11 is 0. The second-order valence-electron chi connectivity index (χ2n) is 6.63. The predicted octanol–water partition coefficient (Wildman–Crippen LogP) is 3.43. The highest BCUT2D eigenvalue weighted by Gasteiger charge is 2.38. The van der Waals surface area contributed by atoms with E-state index >= 15 is 0 Å². The molecule has 27 heavy (non-hydrogen) atoms. The maximum absolute atomic E-state index is 13.1. The Morgan fingerprint density at radius 1 is 1.19 bits per heavy atom. The zero-order valence-corrected chi connectivity index (χ0v) is 15.6. The minimum atomic E-state index is -0.673. The number of hydrogen-bond acceptors (Lipinski definition) is 3. The lowest BCUT2D eigenvalue weighted by molar-refractivity contribution is -0.119. The lowest BCUT2D eigenvalue weighted by atomic mass is 9.85. The topological polar surface area (TPSA) is 79.5 Å². The van der Waals surface area contributed by atoms with Crippen molar-refractivity contribution < 1.29 is 14.3 Å². The van der Waals surface area contributed by atoms with Crippen molar-refractivity contribution in [2.24, 2.45) is 5.92 Å². The summed E-state index contributed by atoms with van der Waals surface area (Å²) in [6.45, 7) is 7.85. The summed E-state index contributed by atoms with van der Waals surface area (Å²) in [5, 5.41) is 8.39. The van der Waals surface area contributed by atoms with Crippen molar-refractivity contribution in [3.8, 4) is 5.75 Å². The van der Waals surface area contributed by atoms with Gasteiger partial charge in [0, 0.05) is 5.70 Å². The van der Waals surface area contributed by atoms with Crippen molar-refractivity contribution in [2.45, 2.75) is 19.9 Å². The van der Waals surface area contributed by atoms with Gasteiger partial charge in [-0.05, 0) is 37.1 Å². The normalized spacial score (nSPS) is 19.1. The van der Waals surface area contributed by atoms with Crippen LogP contribution in [0.25, 0.3) is 0 Å². The van der Waals surface area contributed by atoms with Crippen molar-refractivity contribution in [1.29, 1.82) is 0 Å². The molecular weight excluding hydrogens is 342 g/mol. The van der Waals surface area contributed by atoms with Crippen LogP contribution >= 0.6 is 0 Å². The van der Waals surface area contributed by atoms with Crippen LogP contribution in [0, 0.1) is 19.8 Å². The molecule has 1 fully saturated rings. The molecule has 0 aromatic heterocycles. The Kier molecular flexibility index (Phi) is 5.16. The van der Waals surface area contributed by atoms with Gasteiger partial charge in [0.1, 0.15) is 11.7 Å². The molecule has 0 saturated carbocycles. The van der Waals surface area contributed by atoms with Gasteiger partial charge in [0.25, 0.3) is 0 Å². The predicted molar refractivity (Wildman–Crippen MR) is 105 cm³/mol. The van der Waals surface area contributed by atoms with E-state index in [9.17, 15) is 9.59 Å². The summed E-state index contributed by atoms with van der Waals surface area (Å²) in [6, 6.07) is 12.3. The molecule has 3 rings (SSSR count). The fraction of sp³-hybridized carbons (Fsp3) is 0.238. The summed E-state index contributed by atoms with van der Waals surface area (Å²) in [5.41, 5.74) is 3.87. The van der Waals surface area contributed by atoms with Crippen LogP contribution in [-0.4, -0.2) is 19.0 Å². The number of anilines is 1. The number of ether oxygens (including phenoxy) is 1. The minimum absolute atomic E-state index is 0.275. The van der Waals surface area contributed by atoms with E-state index in [0.29, 0.717) is 17.1 Å². The summed E-state index contributed by atoms with van der Waals surface area (Å²) in [5.74, 6) is -0.386. The van der Waals surface area contributed by atoms with Crippen LogP contribution in [0.2, 0.25) is 0 Å². The quantitative estimate of drug-likeness (QED) is 0.777. The number of rotatable bonds is 4. The molecule has 2 aromatic carbocycles. The highest BCUT2D eigenvalue weighted by molar-refractivity contribution is 5.98. The van der Waals surface area contributed by atoms with Gasteiger partial charge in [-0.1, -0.05) is 42.5 Å². The Balaban J connectivity index is 1.96. The Labute approximate surface area is 158 Å². The molecule has 6 nitrogen and oxygen atoms in total. The Morgan fingerprint density at radius 2 is 1.93 bits per heavy atom. The first-order valence-corrected chi connectivity index (χ1v) is 8.68. The van der Waals surface area contributed by atoms with Gasteiger partial charge in [-0.25, -0.2) is 4.79 Å². The summed E-state index contributed by atoms with van der Waals surface area (Å²) in [6.07, 6.45) is 0. The molecule has 0 aliphatic carbocycles. The molecule has 0 radical (unpaired) electrons. The van der Waals surface area contributed by atoms with E-state index in [1.807, 2.05) is 44.2 Å². The SMILES string of the molecule is C=C1NC(=O)N[C@@H](c2cc(C)ccc2C)[C@@H]1C(=O)Nc1ccccc1OC. The third kappa shape index (κ3) is 3.79. The molecule has 0 unspecified atom stereocenters. The number of para-hydroxylation sites is 2. The number of hydrogen-bond donors (Lipinski definition) is 3. The van der Waals surface area contributed by atoms with Crippen molar-refractivity contribution in [3.63, 3.8) is 0 Å². The van der Waals surface area contributed by atoms with Crippen molar-refractivity contribution in [1.82, 2.24) is 10.6 Å². The van der Waals surface area contributed by atoms with Gasteiger partial charge in [-0.3, -0.25) is 4.79 Å². The summed E-state index contributed by atoms with van der Waals surface area (Å²) < 4.78 is 5.30. The van der Waals surface area contributed by atoms with Crippen LogP contribution in [0.15, 0.2) is 54.7 Å². The monoisotopic (exact) mass is 365 g/mol. The van der Waals surface area contributed by atoms with Crippen LogP contribution < -0.4 is 20.7 Å². The number of benzene rings is 2. The number of urea groups is 1. The molecule has 0 bridgehead atoms.